The van der Waals surface area contributed by atoms with Crippen LogP contribution in [0, 0.1) is 5.82 Å². The summed E-state index contributed by atoms with van der Waals surface area (Å²) < 4.78 is 12.7. The lowest BCUT2D eigenvalue weighted by Gasteiger charge is -2.04. The molecule has 4 heteroatoms. The Morgan fingerprint density at radius 2 is 2.00 bits per heavy atom. The van der Waals surface area contributed by atoms with Crippen LogP contribution in [0.15, 0.2) is 48.8 Å². The average Bonchev–Trinajstić information content (AvgIpc) is 2.45. The molecule has 2 aromatic rings. The Morgan fingerprint density at radius 1 is 1.21 bits per heavy atom. The number of carbonyl (C=O) groups is 1. The quantitative estimate of drug-likeness (QED) is 0.639. The Hall–Kier alpha value is -2.07. The summed E-state index contributed by atoms with van der Waals surface area (Å²) in [5, 5.41) is 3.18. The summed E-state index contributed by atoms with van der Waals surface area (Å²) in [7, 11) is 0. The number of nitrogens with one attached hydrogen (secondary N) is 1. The molecule has 1 N–H and O–H groups in total. The molecule has 1 heterocycles. The average molecular weight is 258 g/mol. The van der Waals surface area contributed by atoms with Crippen LogP contribution in [-0.2, 0) is 6.54 Å². The first-order chi connectivity index (χ1) is 9.25. The maximum absolute atomic E-state index is 12.7. The van der Waals surface area contributed by atoms with Gasteiger partial charge in [-0.2, -0.15) is 0 Å². The highest BCUT2D eigenvalue weighted by Crippen LogP contribution is 2.05. The van der Waals surface area contributed by atoms with Gasteiger partial charge in [0.25, 0.3) is 0 Å². The van der Waals surface area contributed by atoms with Gasteiger partial charge in [0, 0.05) is 37.5 Å². The summed E-state index contributed by atoms with van der Waals surface area (Å²) >= 11 is 0. The van der Waals surface area contributed by atoms with Gasteiger partial charge in [0.2, 0.25) is 0 Å². The smallest absolute Gasteiger partial charge is 0.164 e. The first kappa shape index (κ1) is 13.4. The molecule has 0 radical (unpaired) electrons. The Kier molecular flexibility index (Phi) is 4.75. The maximum atomic E-state index is 12.7. The fourth-order valence-electron chi connectivity index (χ4n) is 1.72. The number of rotatable bonds is 6. The zero-order chi connectivity index (χ0) is 13.5. The van der Waals surface area contributed by atoms with Crippen LogP contribution in [0.5, 0.6) is 0 Å². The summed E-state index contributed by atoms with van der Waals surface area (Å²) in [6.45, 7) is 1.27. The summed E-state index contributed by atoms with van der Waals surface area (Å²) in [6, 6.07) is 9.48. The number of aromatic nitrogens is 1. The first-order valence-electron chi connectivity index (χ1n) is 6.14. The van der Waals surface area contributed by atoms with Gasteiger partial charge in [0.1, 0.15) is 5.82 Å². The molecule has 98 valence electrons. The van der Waals surface area contributed by atoms with Gasteiger partial charge < -0.3 is 5.32 Å². The molecule has 0 saturated carbocycles. The third kappa shape index (κ3) is 4.26. The maximum Gasteiger partial charge on any atom is 0.164 e. The molecule has 0 atom stereocenters. The minimum absolute atomic E-state index is 0.0127. The molecule has 1 aromatic heterocycles. The molecule has 0 saturated heterocycles. The van der Waals surface area contributed by atoms with E-state index in [2.05, 4.69) is 10.3 Å². The van der Waals surface area contributed by atoms with Gasteiger partial charge in [-0.15, -0.1) is 0 Å². The molecular weight excluding hydrogens is 243 g/mol. The Bertz CT molecular complexity index is 526. The lowest BCUT2D eigenvalue weighted by Crippen LogP contribution is -2.18. The molecular formula is C15H15FN2O. The van der Waals surface area contributed by atoms with E-state index in [4.69, 9.17) is 0 Å². The van der Waals surface area contributed by atoms with E-state index in [1.807, 2.05) is 12.1 Å². The van der Waals surface area contributed by atoms with Gasteiger partial charge in [0.15, 0.2) is 5.78 Å². The topological polar surface area (TPSA) is 42.0 Å². The van der Waals surface area contributed by atoms with Crippen molar-refractivity contribution in [3.8, 4) is 0 Å². The fraction of sp³-hybridized carbons (Fsp3) is 0.200. The van der Waals surface area contributed by atoms with Crippen LogP contribution in [0.1, 0.15) is 22.3 Å². The molecule has 0 unspecified atom stereocenters. The highest BCUT2D eigenvalue weighted by molar-refractivity contribution is 5.96. The Balaban J connectivity index is 1.74. The molecule has 0 aliphatic heterocycles. The van der Waals surface area contributed by atoms with Gasteiger partial charge in [-0.3, -0.25) is 9.78 Å². The third-order valence-electron chi connectivity index (χ3n) is 2.75. The van der Waals surface area contributed by atoms with Crippen LogP contribution in [0.3, 0.4) is 0 Å². The van der Waals surface area contributed by atoms with Crippen LogP contribution in [0.2, 0.25) is 0 Å². The van der Waals surface area contributed by atoms with Crippen LogP contribution in [-0.4, -0.2) is 17.3 Å². The number of nitrogens with zero attached hydrogens (tertiary/aromatic N) is 1. The SMILES string of the molecule is O=C(CCNCc1cccnc1)c1ccc(F)cc1. The van der Waals surface area contributed by atoms with Gasteiger partial charge in [-0.25, -0.2) is 4.39 Å². The van der Waals surface area contributed by atoms with Crippen molar-refractivity contribution in [3.05, 3.63) is 65.7 Å². The lowest BCUT2D eigenvalue weighted by atomic mass is 10.1. The zero-order valence-electron chi connectivity index (χ0n) is 10.5. The number of Topliss-reactive ketones (excluding diaryl/α,β-unsaturated/α-hetero) is 1. The molecule has 0 bridgehead atoms. The number of hydrogen-bond acceptors (Lipinski definition) is 3. The number of halogens is 1. The molecule has 0 fully saturated rings. The second kappa shape index (κ2) is 6.75. The standard InChI is InChI=1S/C15H15FN2O/c16-14-5-3-13(4-6-14)15(19)7-9-18-11-12-2-1-8-17-10-12/h1-6,8,10,18H,7,9,11H2. The van der Waals surface area contributed by atoms with Crippen LogP contribution in [0.4, 0.5) is 4.39 Å². The highest BCUT2D eigenvalue weighted by Gasteiger charge is 2.05. The van der Waals surface area contributed by atoms with E-state index >= 15 is 0 Å². The van der Waals surface area contributed by atoms with Gasteiger partial charge >= 0.3 is 0 Å². The third-order valence-corrected chi connectivity index (χ3v) is 2.75. The van der Waals surface area contributed by atoms with E-state index < -0.39 is 0 Å². The monoisotopic (exact) mass is 258 g/mol. The van der Waals surface area contributed by atoms with Gasteiger partial charge in [0.05, 0.1) is 0 Å². The Labute approximate surface area is 111 Å². The van der Waals surface area contributed by atoms with E-state index in [1.165, 1.54) is 24.3 Å². The molecule has 2 rings (SSSR count). The minimum atomic E-state index is -0.328. The molecule has 19 heavy (non-hydrogen) atoms. The van der Waals surface area contributed by atoms with Crippen molar-refractivity contribution in [2.24, 2.45) is 0 Å². The summed E-state index contributed by atoms with van der Waals surface area (Å²) in [4.78, 5) is 15.8. The van der Waals surface area contributed by atoms with E-state index in [0.29, 0.717) is 25.1 Å². The highest BCUT2D eigenvalue weighted by atomic mass is 19.1. The molecule has 0 amide bonds. The minimum Gasteiger partial charge on any atom is -0.312 e. The second-order valence-corrected chi connectivity index (χ2v) is 4.22. The van der Waals surface area contributed by atoms with E-state index in [1.54, 1.807) is 12.4 Å². The largest absolute Gasteiger partial charge is 0.312 e. The number of benzene rings is 1. The van der Waals surface area contributed by atoms with Crippen LogP contribution < -0.4 is 5.32 Å². The molecule has 3 nitrogen and oxygen atoms in total. The summed E-state index contributed by atoms with van der Waals surface area (Å²) in [6.07, 6.45) is 3.91. The zero-order valence-corrected chi connectivity index (χ0v) is 10.5. The molecule has 0 aliphatic carbocycles. The van der Waals surface area contributed by atoms with Crippen molar-refractivity contribution < 1.29 is 9.18 Å². The van der Waals surface area contributed by atoms with E-state index in [0.717, 1.165) is 5.56 Å². The van der Waals surface area contributed by atoms with E-state index in [-0.39, 0.29) is 11.6 Å². The van der Waals surface area contributed by atoms with E-state index in [9.17, 15) is 9.18 Å². The number of carbonyl (C=O) groups excluding carboxylic acids is 1. The summed E-state index contributed by atoms with van der Waals surface area (Å²) in [5.74, 6) is -0.315. The second-order valence-electron chi connectivity index (χ2n) is 4.22. The van der Waals surface area contributed by atoms with Crippen molar-refractivity contribution in [3.63, 3.8) is 0 Å². The van der Waals surface area contributed by atoms with Crippen molar-refractivity contribution in [2.45, 2.75) is 13.0 Å². The molecule has 1 aromatic carbocycles. The molecule has 0 spiro atoms. The normalized spacial score (nSPS) is 10.4. The fourth-order valence-corrected chi connectivity index (χ4v) is 1.72. The van der Waals surface area contributed by atoms with Crippen LogP contribution >= 0.6 is 0 Å². The summed E-state index contributed by atoms with van der Waals surface area (Å²) in [5.41, 5.74) is 1.63. The number of ketones is 1. The Morgan fingerprint density at radius 3 is 2.68 bits per heavy atom. The number of pyridine rings is 1. The van der Waals surface area contributed by atoms with Crippen molar-refractivity contribution in [2.75, 3.05) is 6.54 Å². The van der Waals surface area contributed by atoms with Crippen molar-refractivity contribution in [1.29, 1.82) is 0 Å². The first-order valence-corrected chi connectivity index (χ1v) is 6.14. The van der Waals surface area contributed by atoms with Gasteiger partial charge in [-0.05, 0) is 35.9 Å². The predicted molar refractivity (Wildman–Crippen MR) is 71.3 cm³/mol. The predicted octanol–water partition coefficient (Wildman–Crippen LogP) is 2.58. The van der Waals surface area contributed by atoms with Gasteiger partial charge in [-0.1, -0.05) is 6.07 Å². The lowest BCUT2D eigenvalue weighted by molar-refractivity contribution is 0.0982. The van der Waals surface area contributed by atoms with Crippen LogP contribution in [0.25, 0.3) is 0 Å². The van der Waals surface area contributed by atoms with Crippen molar-refractivity contribution >= 4 is 5.78 Å². The van der Waals surface area contributed by atoms with Crippen molar-refractivity contribution in [1.82, 2.24) is 10.3 Å². The number of hydrogen-bond donors (Lipinski definition) is 1. The molecule has 0 aliphatic rings.